The summed E-state index contributed by atoms with van der Waals surface area (Å²) < 4.78 is 7.33. The van der Waals surface area contributed by atoms with Crippen LogP contribution in [0.4, 0.5) is 0 Å². The van der Waals surface area contributed by atoms with Gasteiger partial charge in [-0.15, -0.1) is 0 Å². The lowest BCUT2D eigenvalue weighted by atomic mass is 9.81. The van der Waals surface area contributed by atoms with E-state index in [9.17, 15) is 5.26 Å². The van der Waals surface area contributed by atoms with Crippen LogP contribution in [-0.4, -0.2) is 0 Å². The molecule has 0 radical (unpaired) electrons. The maximum Gasteiger partial charge on any atom is 0.269 e. The average molecular weight is 273 g/mol. The number of pyridine rings is 1. The highest BCUT2D eigenvalue weighted by Crippen LogP contribution is 2.38. The molecule has 0 saturated heterocycles. The molecule has 100 valence electrons. The van der Waals surface area contributed by atoms with E-state index in [0.29, 0.717) is 0 Å². The van der Waals surface area contributed by atoms with Gasteiger partial charge in [-0.1, -0.05) is 30.3 Å². The molecule has 0 fully saturated rings. The minimum Gasteiger partial charge on any atom is -0.472 e. The smallest absolute Gasteiger partial charge is 0.269 e. The van der Waals surface area contributed by atoms with Gasteiger partial charge in [0.1, 0.15) is 6.07 Å². The van der Waals surface area contributed by atoms with Gasteiger partial charge in [-0.3, -0.25) is 0 Å². The van der Waals surface area contributed by atoms with Crippen molar-refractivity contribution in [3.63, 3.8) is 0 Å². The monoisotopic (exact) mass is 273 g/mol. The zero-order valence-electron chi connectivity index (χ0n) is 11.3. The molecule has 3 aromatic rings. The normalized spacial score (nSPS) is 19.4. The largest absolute Gasteiger partial charge is 0.472 e. The Balaban J connectivity index is 2.04. The second kappa shape index (κ2) is 4.60. The molecule has 0 aliphatic carbocycles. The molecule has 3 heteroatoms. The van der Waals surface area contributed by atoms with Crippen LogP contribution in [0.2, 0.25) is 0 Å². The second-order valence-electron chi connectivity index (χ2n) is 5.18. The molecule has 1 aliphatic rings. The predicted octanol–water partition coefficient (Wildman–Crippen LogP) is 3.17. The van der Waals surface area contributed by atoms with Crippen molar-refractivity contribution >= 4 is 0 Å². The van der Waals surface area contributed by atoms with Gasteiger partial charge in [0.25, 0.3) is 6.04 Å². The molecule has 0 N–H and O–H groups in total. The van der Waals surface area contributed by atoms with Crippen molar-refractivity contribution in [3.8, 4) is 6.07 Å². The lowest BCUT2D eigenvalue weighted by molar-refractivity contribution is -0.711. The summed E-state index contributed by atoms with van der Waals surface area (Å²) in [5.74, 6) is 0.103. The molecule has 1 aliphatic heterocycles. The molecular formula is C18H13N2O+. The van der Waals surface area contributed by atoms with E-state index in [-0.39, 0.29) is 12.0 Å². The number of benzene rings is 1. The Kier molecular flexibility index (Phi) is 2.61. The number of hydrogen-bond acceptors (Lipinski definition) is 2. The lowest BCUT2D eigenvalue weighted by Gasteiger charge is -2.25. The SMILES string of the molecule is N#CC1c2ccccc2C(c2ccoc2)c2cccc[n+]21. The van der Waals surface area contributed by atoms with Crippen LogP contribution >= 0.6 is 0 Å². The summed E-state index contributed by atoms with van der Waals surface area (Å²) in [4.78, 5) is 0. The van der Waals surface area contributed by atoms with Gasteiger partial charge in [0.05, 0.1) is 18.4 Å². The van der Waals surface area contributed by atoms with Crippen molar-refractivity contribution in [2.75, 3.05) is 0 Å². The lowest BCUT2D eigenvalue weighted by Crippen LogP contribution is -2.47. The second-order valence-corrected chi connectivity index (χ2v) is 5.18. The van der Waals surface area contributed by atoms with E-state index in [4.69, 9.17) is 4.42 Å². The topological polar surface area (TPSA) is 40.8 Å². The predicted molar refractivity (Wildman–Crippen MR) is 76.5 cm³/mol. The summed E-state index contributed by atoms with van der Waals surface area (Å²) in [5.41, 5.74) is 4.47. The third-order valence-electron chi connectivity index (χ3n) is 4.10. The van der Waals surface area contributed by atoms with Gasteiger partial charge in [0, 0.05) is 23.3 Å². The fourth-order valence-corrected chi connectivity index (χ4v) is 3.20. The van der Waals surface area contributed by atoms with Crippen molar-refractivity contribution in [1.29, 1.82) is 5.26 Å². The highest BCUT2D eigenvalue weighted by atomic mass is 16.3. The number of nitrogens with zero attached hydrogens (tertiary/aromatic N) is 2. The Morgan fingerprint density at radius 1 is 1.00 bits per heavy atom. The number of fused-ring (bicyclic) bond motifs is 2. The Morgan fingerprint density at radius 2 is 1.81 bits per heavy atom. The third-order valence-corrected chi connectivity index (χ3v) is 4.10. The van der Waals surface area contributed by atoms with Gasteiger partial charge in [-0.25, -0.2) is 0 Å². The quantitative estimate of drug-likeness (QED) is 0.639. The van der Waals surface area contributed by atoms with Crippen LogP contribution in [0.5, 0.6) is 0 Å². The van der Waals surface area contributed by atoms with Crippen LogP contribution in [0.3, 0.4) is 0 Å². The van der Waals surface area contributed by atoms with Crippen LogP contribution in [0.1, 0.15) is 34.3 Å². The number of rotatable bonds is 1. The van der Waals surface area contributed by atoms with Gasteiger partial charge in [-0.2, -0.15) is 9.83 Å². The highest BCUT2D eigenvalue weighted by molar-refractivity contribution is 5.46. The highest BCUT2D eigenvalue weighted by Gasteiger charge is 2.39. The standard InChI is InChI=1S/C18H13N2O/c19-11-17-14-5-1-2-6-15(14)18(13-8-10-21-12-13)16-7-3-4-9-20(16)17/h1-10,12,17-18H/q+1. The summed E-state index contributed by atoms with van der Waals surface area (Å²) in [6.07, 6.45) is 5.46. The molecule has 2 atom stereocenters. The summed E-state index contributed by atoms with van der Waals surface area (Å²) in [6, 6.07) is 18.4. The Hall–Kier alpha value is -2.86. The van der Waals surface area contributed by atoms with E-state index >= 15 is 0 Å². The molecule has 0 amide bonds. The molecule has 4 rings (SSSR count). The first-order valence-corrected chi connectivity index (χ1v) is 6.91. The van der Waals surface area contributed by atoms with Gasteiger partial charge in [-0.05, 0) is 11.6 Å². The van der Waals surface area contributed by atoms with E-state index in [1.807, 2.05) is 42.6 Å². The van der Waals surface area contributed by atoms with E-state index in [2.05, 4.69) is 22.8 Å². The van der Waals surface area contributed by atoms with Crippen LogP contribution in [0.15, 0.2) is 71.7 Å². The van der Waals surface area contributed by atoms with Crippen molar-refractivity contribution in [2.45, 2.75) is 12.0 Å². The van der Waals surface area contributed by atoms with Gasteiger partial charge < -0.3 is 4.42 Å². The van der Waals surface area contributed by atoms with Crippen molar-refractivity contribution in [3.05, 3.63) is 89.6 Å². The fourth-order valence-electron chi connectivity index (χ4n) is 3.20. The Morgan fingerprint density at radius 3 is 2.57 bits per heavy atom. The van der Waals surface area contributed by atoms with E-state index in [0.717, 1.165) is 16.8 Å². The fraction of sp³-hybridized carbons (Fsp3) is 0.111. The Bertz CT molecular complexity index is 783. The van der Waals surface area contributed by atoms with Crippen LogP contribution in [0.25, 0.3) is 0 Å². The van der Waals surface area contributed by atoms with Crippen LogP contribution in [0, 0.1) is 11.3 Å². The first-order chi connectivity index (χ1) is 10.4. The molecule has 0 spiro atoms. The van der Waals surface area contributed by atoms with E-state index in [1.54, 1.807) is 12.5 Å². The maximum absolute atomic E-state index is 9.61. The van der Waals surface area contributed by atoms with Crippen molar-refractivity contribution in [2.24, 2.45) is 0 Å². The maximum atomic E-state index is 9.61. The molecular weight excluding hydrogens is 260 g/mol. The van der Waals surface area contributed by atoms with E-state index < -0.39 is 0 Å². The molecule has 21 heavy (non-hydrogen) atoms. The summed E-state index contributed by atoms with van der Waals surface area (Å²) in [5, 5.41) is 9.61. The third kappa shape index (κ3) is 1.70. The number of hydrogen-bond donors (Lipinski definition) is 0. The Labute approximate surface area is 122 Å². The molecule has 2 aromatic heterocycles. The van der Waals surface area contributed by atoms with Gasteiger partial charge in [0.2, 0.25) is 0 Å². The molecule has 0 saturated carbocycles. The van der Waals surface area contributed by atoms with E-state index in [1.165, 1.54) is 5.56 Å². The van der Waals surface area contributed by atoms with Crippen LogP contribution in [-0.2, 0) is 0 Å². The van der Waals surface area contributed by atoms with Crippen molar-refractivity contribution < 1.29 is 8.98 Å². The zero-order valence-corrected chi connectivity index (χ0v) is 11.3. The van der Waals surface area contributed by atoms with Crippen LogP contribution < -0.4 is 4.57 Å². The molecule has 3 heterocycles. The minimum atomic E-state index is -0.277. The molecule has 2 unspecified atom stereocenters. The molecule has 3 nitrogen and oxygen atoms in total. The van der Waals surface area contributed by atoms with Crippen molar-refractivity contribution in [1.82, 2.24) is 0 Å². The van der Waals surface area contributed by atoms with Gasteiger partial charge in [0.15, 0.2) is 11.9 Å². The molecule has 1 aromatic carbocycles. The number of aromatic nitrogens is 1. The minimum absolute atomic E-state index is 0.103. The summed E-state index contributed by atoms with van der Waals surface area (Å²) >= 11 is 0. The van der Waals surface area contributed by atoms with Gasteiger partial charge >= 0.3 is 0 Å². The number of furan rings is 1. The molecule has 0 bridgehead atoms. The zero-order chi connectivity index (χ0) is 14.2. The average Bonchev–Trinajstić information content (AvgIpc) is 3.06. The first-order valence-electron chi connectivity index (χ1n) is 6.91. The first kappa shape index (κ1) is 11.9. The summed E-state index contributed by atoms with van der Waals surface area (Å²) in [7, 11) is 0. The number of nitriles is 1. The summed E-state index contributed by atoms with van der Waals surface area (Å²) in [6.45, 7) is 0.